The highest BCUT2D eigenvalue weighted by Crippen LogP contribution is 2.34. The van der Waals surface area contributed by atoms with E-state index in [2.05, 4.69) is 30.3 Å². The van der Waals surface area contributed by atoms with Gasteiger partial charge in [-0.15, -0.1) is 0 Å². The summed E-state index contributed by atoms with van der Waals surface area (Å²) in [6.45, 7) is 4.42. The minimum Gasteiger partial charge on any atom is -0.271 e. The summed E-state index contributed by atoms with van der Waals surface area (Å²) in [5, 5.41) is 0. The van der Waals surface area contributed by atoms with Crippen LogP contribution in [0.5, 0.6) is 0 Å². The summed E-state index contributed by atoms with van der Waals surface area (Å²) in [6, 6.07) is 4.55. The summed E-state index contributed by atoms with van der Waals surface area (Å²) in [7, 11) is 0. The fourth-order valence-corrected chi connectivity index (χ4v) is 2.77. The zero-order chi connectivity index (χ0) is 11.5. The van der Waals surface area contributed by atoms with E-state index >= 15 is 0 Å². The molecule has 1 aliphatic carbocycles. The Morgan fingerprint density at radius 1 is 1.50 bits per heavy atom. The highest BCUT2D eigenvalue weighted by Gasteiger charge is 2.29. The third-order valence-corrected chi connectivity index (χ3v) is 3.58. The van der Waals surface area contributed by atoms with E-state index in [-0.39, 0.29) is 0 Å². The first-order valence-corrected chi connectivity index (χ1v) is 6.14. The molecule has 1 heterocycles. The lowest BCUT2D eigenvalue weighted by Crippen LogP contribution is -2.44. The van der Waals surface area contributed by atoms with E-state index in [4.69, 9.17) is 5.84 Å². The molecule has 2 atom stereocenters. The van der Waals surface area contributed by atoms with Crippen molar-refractivity contribution in [2.75, 3.05) is 0 Å². The molecule has 16 heavy (non-hydrogen) atoms. The van der Waals surface area contributed by atoms with Crippen molar-refractivity contribution in [1.29, 1.82) is 0 Å². The summed E-state index contributed by atoms with van der Waals surface area (Å²) in [4.78, 5) is 4.56. The molecule has 0 spiro atoms. The molecule has 3 nitrogen and oxygen atoms in total. The quantitative estimate of drug-likeness (QED) is 0.604. The standard InChI is InChI=1S/C13H21N3/c1-9(2)12(16-14)11-7-3-5-10-6-4-8-15-13(10)11/h4,6,8-9,11-12,16H,3,5,7,14H2,1-2H3. The molecular weight excluding hydrogens is 198 g/mol. The average molecular weight is 219 g/mol. The van der Waals surface area contributed by atoms with Crippen molar-refractivity contribution in [3.63, 3.8) is 0 Å². The maximum absolute atomic E-state index is 5.68. The summed E-state index contributed by atoms with van der Waals surface area (Å²) in [5.41, 5.74) is 5.63. The lowest BCUT2D eigenvalue weighted by Gasteiger charge is -2.33. The summed E-state index contributed by atoms with van der Waals surface area (Å²) >= 11 is 0. The van der Waals surface area contributed by atoms with E-state index in [0.717, 1.165) is 6.42 Å². The topological polar surface area (TPSA) is 50.9 Å². The number of hydrazine groups is 1. The molecule has 0 aromatic carbocycles. The molecule has 3 heteroatoms. The summed E-state index contributed by atoms with van der Waals surface area (Å²) < 4.78 is 0. The van der Waals surface area contributed by atoms with Crippen LogP contribution in [0.2, 0.25) is 0 Å². The smallest absolute Gasteiger partial charge is 0.0482 e. The Morgan fingerprint density at radius 2 is 2.31 bits per heavy atom. The van der Waals surface area contributed by atoms with Crippen LogP contribution in [0.15, 0.2) is 18.3 Å². The lowest BCUT2D eigenvalue weighted by atomic mass is 9.78. The zero-order valence-corrected chi connectivity index (χ0v) is 10.1. The van der Waals surface area contributed by atoms with Gasteiger partial charge in [-0.2, -0.15) is 0 Å². The molecule has 2 rings (SSSR count). The number of aromatic nitrogens is 1. The Morgan fingerprint density at radius 3 is 3.00 bits per heavy atom. The van der Waals surface area contributed by atoms with Gasteiger partial charge in [-0.3, -0.25) is 16.3 Å². The van der Waals surface area contributed by atoms with Crippen LogP contribution in [-0.2, 0) is 6.42 Å². The van der Waals surface area contributed by atoms with Crippen LogP contribution in [0.25, 0.3) is 0 Å². The fourth-order valence-electron chi connectivity index (χ4n) is 2.77. The normalized spacial score (nSPS) is 21.9. The van der Waals surface area contributed by atoms with E-state index in [1.54, 1.807) is 0 Å². The van der Waals surface area contributed by atoms with E-state index < -0.39 is 0 Å². The van der Waals surface area contributed by atoms with Gasteiger partial charge in [0.2, 0.25) is 0 Å². The third-order valence-electron chi connectivity index (χ3n) is 3.58. The fraction of sp³-hybridized carbons (Fsp3) is 0.615. The second-order valence-electron chi connectivity index (χ2n) is 4.98. The highest BCUT2D eigenvalue weighted by atomic mass is 15.2. The Kier molecular flexibility index (Phi) is 3.56. The van der Waals surface area contributed by atoms with Gasteiger partial charge < -0.3 is 0 Å². The molecule has 0 aliphatic heterocycles. The number of fused-ring (bicyclic) bond motifs is 1. The Bertz CT molecular complexity index is 349. The van der Waals surface area contributed by atoms with Gasteiger partial charge in [0.05, 0.1) is 0 Å². The second-order valence-corrected chi connectivity index (χ2v) is 4.98. The van der Waals surface area contributed by atoms with Gasteiger partial charge in [0, 0.05) is 23.9 Å². The molecule has 0 amide bonds. The zero-order valence-electron chi connectivity index (χ0n) is 10.1. The number of nitrogens with two attached hydrogens (primary N) is 1. The summed E-state index contributed by atoms with van der Waals surface area (Å²) in [6.07, 6.45) is 5.49. The molecule has 0 bridgehead atoms. The average Bonchev–Trinajstić information content (AvgIpc) is 2.30. The molecule has 2 unspecified atom stereocenters. The van der Waals surface area contributed by atoms with Crippen LogP contribution in [0.4, 0.5) is 0 Å². The van der Waals surface area contributed by atoms with Gasteiger partial charge in [-0.1, -0.05) is 19.9 Å². The molecular formula is C13H21N3. The van der Waals surface area contributed by atoms with Crippen molar-refractivity contribution in [2.24, 2.45) is 11.8 Å². The molecule has 88 valence electrons. The number of hydrogen-bond acceptors (Lipinski definition) is 3. The number of pyridine rings is 1. The summed E-state index contributed by atoms with van der Waals surface area (Å²) in [5.74, 6) is 6.68. The van der Waals surface area contributed by atoms with Crippen LogP contribution in [0.1, 0.15) is 43.9 Å². The van der Waals surface area contributed by atoms with Gasteiger partial charge in [0.1, 0.15) is 0 Å². The Labute approximate surface area is 97.4 Å². The van der Waals surface area contributed by atoms with Crippen LogP contribution < -0.4 is 11.3 Å². The van der Waals surface area contributed by atoms with Gasteiger partial charge in [-0.05, 0) is 36.8 Å². The first-order valence-electron chi connectivity index (χ1n) is 6.14. The minimum atomic E-state index is 0.328. The Balaban J connectivity index is 2.30. The lowest BCUT2D eigenvalue weighted by molar-refractivity contribution is 0.316. The largest absolute Gasteiger partial charge is 0.271 e. The molecule has 1 aliphatic rings. The van der Waals surface area contributed by atoms with Crippen molar-refractivity contribution >= 4 is 0 Å². The molecule has 0 fully saturated rings. The van der Waals surface area contributed by atoms with E-state index in [9.17, 15) is 0 Å². The van der Waals surface area contributed by atoms with E-state index in [1.165, 1.54) is 24.1 Å². The van der Waals surface area contributed by atoms with Crippen molar-refractivity contribution in [2.45, 2.75) is 45.1 Å². The maximum atomic E-state index is 5.68. The van der Waals surface area contributed by atoms with Crippen LogP contribution in [-0.4, -0.2) is 11.0 Å². The molecule has 1 aromatic rings. The molecule has 0 radical (unpaired) electrons. The number of hydrogen-bond donors (Lipinski definition) is 2. The van der Waals surface area contributed by atoms with Crippen LogP contribution in [0.3, 0.4) is 0 Å². The molecule has 3 N–H and O–H groups in total. The monoisotopic (exact) mass is 219 g/mol. The number of nitrogens with zero attached hydrogens (tertiary/aromatic N) is 1. The van der Waals surface area contributed by atoms with Gasteiger partial charge in [-0.25, -0.2) is 0 Å². The third kappa shape index (κ3) is 2.11. The van der Waals surface area contributed by atoms with Crippen molar-refractivity contribution in [3.05, 3.63) is 29.6 Å². The van der Waals surface area contributed by atoms with Crippen molar-refractivity contribution in [3.8, 4) is 0 Å². The van der Waals surface area contributed by atoms with E-state index in [0.29, 0.717) is 17.9 Å². The minimum absolute atomic E-state index is 0.328. The Hall–Kier alpha value is -0.930. The van der Waals surface area contributed by atoms with Crippen molar-refractivity contribution in [1.82, 2.24) is 10.4 Å². The van der Waals surface area contributed by atoms with E-state index in [1.807, 2.05) is 12.3 Å². The predicted octanol–water partition coefficient (Wildman–Crippen LogP) is 1.99. The number of nitrogens with one attached hydrogen (secondary N) is 1. The van der Waals surface area contributed by atoms with Gasteiger partial charge in [0.25, 0.3) is 0 Å². The second kappa shape index (κ2) is 4.93. The SMILES string of the molecule is CC(C)C(NN)C1CCCc2cccnc21. The first-order chi connectivity index (χ1) is 7.74. The van der Waals surface area contributed by atoms with Crippen LogP contribution >= 0.6 is 0 Å². The maximum Gasteiger partial charge on any atom is 0.0482 e. The van der Waals surface area contributed by atoms with Gasteiger partial charge >= 0.3 is 0 Å². The highest BCUT2D eigenvalue weighted by molar-refractivity contribution is 5.27. The van der Waals surface area contributed by atoms with Crippen molar-refractivity contribution < 1.29 is 0 Å². The van der Waals surface area contributed by atoms with Crippen LogP contribution in [0, 0.1) is 5.92 Å². The molecule has 0 saturated carbocycles. The predicted molar refractivity (Wildman–Crippen MR) is 65.9 cm³/mol. The first kappa shape index (κ1) is 11.6. The molecule has 1 aromatic heterocycles. The number of aryl methyl sites for hydroxylation is 1. The molecule has 0 saturated heterocycles. The number of rotatable bonds is 3. The van der Waals surface area contributed by atoms with Gasteiger partial charge in [0.15, 0.2) is 0 Å².